The predicted molar refractivity (Wildman–Crippen MR) is 117 cm³/mol. The highest BCUT2D eigenvalue weighted by Crippen LogP contribution is 2.30. The topological polar surface area (TPSA) is 40.6 Å². The van der Waals surface area contributed by atoms with E-state index >= 15 is 0 Å². The molecule has 3 aromatic rings. The molecular formula is C24H24N2O2S. The largest absolute Gasteiger partial charge is 0.344 e. The summed E-state index contributed by atoms with van der Waals surface area (Å²) in [5.74, 6) is -0.157. The molecule has 0 aliphatic carbocycles. The molecule has 5 heteroatoms. The highest BCUT2D eigenvalue weighted by atomic mass is 32.1. The maximum atomic E-state index is 13.0. The van der Waals surface area contributed by atoms with Crippen molar-refractivity contribution < 1.29 is 9.59 Å². The van der Waals surface area contributed by atoms with Gasteiger partial charge in [-0.1, -0.05) is 48.5 Å². The van der Waals surface area contributed by atoms with E-state index in [1.54, 1.807) is 16.2 Å². The number of carbonyl (C=O) groups is 2. The Morgan fingerprint density at radius 1 is 1.00 bits per heavy atom. The van der Waals surface area contributed by atoms with E-state index in [4.69, 9.17) is 0 Å². The van der Waals surface area contributed by atoms with Crippen LogP contribution < -0.4 is 0 Å². The molecule has 0 saturated carbocycles. The molecule has 1 atom stereocenters. The van der Waals surface area contributed by atoms with Crippen molar-refractivity contribution >= 4 is 23.2 Å². The number of hydrogen-bond acceptors (Lipinski definition) is 3. The van der Waals surface area contributed by atoms with E-state index in [9.17, 15) is 9.59 Å². The van der Waals surface area contributed by atoms with Gasteiger partial charge in [-0.05, 0) is 41.1 Å². The molecule has 1 fully saturated rings. The van der Waals surface area contributed by atoms with Crippen LogP contribution in [-0.2, 0) is 11.2 Å². The van der Waals surface area contributed by atoms with Crippen molar-refractivity contribution in [2.75, 3.05) is 26.7 Å². The lowest BCUT2D eigenvalue weighted by atomic mass is 9.93. The minimum absolute atomic E-state index is 0.00904. The Balaban J connectivity index is 1.60. The number of rotatable bonds is 4. The molecule has 0 radical (unpaired) electrons. The second-order valence-electron chi connectivity index (χ2n) is 7.41. The number of thiophene rings is 1. The molecule has 2 heterocycles. The lowest BCUT2D eigenvalue weighted by molar-refractivity contribution is -0.133. The average Bonchev–Trinajstić information content (AvgIpc) is 3.26. The quantitative estimate of drug-likeness (QED) is 0.654. The Morgan fingerprint density at radius 3 is 2.52 bits per heavy atom. The second kappa shape index (κ2) is 8.62. The van der Waals surface area contributed by atoms with E-state index in [0.29, 0.717) is 31.6 Å². The van der Waals surface area contributed by atoms with Gasteiger partial charge >= 0.3 is 0 Å². The maximum Gasteiger partial charge on any atom is 0.253 e. The fourth-order valence-corrected chi connectivity index (χ4v) is 4.65. The zero-order valence-corrected chi connectivity index (χ0v) is 17.3. The van der Waals surface area contributed by atoms with Crippen molar-refractivity contribution in [3.63, 3.8) is 0 Å². The Morgan fingerprint density at radius 2 is 1.76 bits per heavy atom. The molecule has 1 aliphatic heterocycles. The van der Waals surface area contributed by atoms with E-state index in [1.165, 1.54) is 10.4 Å². The van der Waals surface area contributed by atoms with Gasteiger partial charge in [-0.2, -0.15) is 0 Å². The number of likely N-dealkylation sites (N-methyl/N-ethyl adjacent to an activating group) is 1. The first-order chi connectivity index (χ1) is 14.1. The Labute approximate surface area is 175 Å². The van der Waals surface area contributed by atoms with Crippen LogP contribution in [0.2, 0.25) is 0 Å². The van der Waals surface area contributed by atoms with Crippen LogP contribution in [0.5, 0.6) is 0 Å². The van der Waals surface area contributed by atoms with E-state index in [1.807, 2.05) is 60.5 Å². The molecule has 1 aliphatic rings. The molecule has 0 bridgehead atoms. The molecule has 1 saturated heterocycles. The minimum atomic E-state index is -0.253. The standard InChI is InChI=1S/C24H24N2O2S/c1-25-13-14-26(24(28)18-8-3-2-4-9-18)17-20(23(25)27)16-19-10-5-6-11-21(19)22-12-7-15-29-22/h2-12,15,20H,13-14,16-17H2,1H3/t20-/m1/s1. The van der Waals surface area contributed by atoms with Crippen molar-refractivity contribution in [3.05, 3.63) is 83.2 Å². The van der Waals surface area contributed by atoms with Crippen LogP contribution in [0.3, 0.4) is 0 Å². The van der Waals surface area contributed by atoms with Gasteiger partial charge in [-0.15, -0.1) is 11.3 Å². The first kappa shape index (κ1) is 19.4. The van der Waals surface area contributed by atoms with Gasteiger partial charge in [0.15, 0.2) is 0 Å². The third-order valence-corrected chi connectivity index (χ3v) is 6.35. The molecule has 29 heavy (non-hydrogen) atoms. The molecule has 2 amide bonds. The van der Waals surface area contributed by atoms with Gasteiger partial charge in [0.1, 0.15) is 0 Å². The summed E-state index contributed by atoms with van der Waals surface area (Å²) in [6.45, 7) is 1.55. The smallest absolute Gasteiger partial charge is 0.253 e. The molecular weight excluding hydrogens is 380 g/mol. The van der Waals surface area contributed by atoms with Crippen LogP contribution in [0.1, 0.15) is 15.9 Å². The Bertz CT molecular complexity index is 985. The summed E-state index contributed by atoms with van der Waals surface area (Å²) in [5, 5.41) is 2.07. The number of carbonyl (C=O) groups excluding carboxylic acids is 2. The first-order valence-corrected chi connectivity index (χ1v) is 10.7. The zero-order chi connectivity index (χ0) is 20.2. The molecule has 0 spiro atoms. The van der Waals surface area contributed by atoms with Gasteiger partial charge in [0.05, 0.1) is 5.92 Å². The van der Waals surface area contributed by atoms with Crippen molar-refractivity contribution in [3.8, 4) is 10.4 Å². The summed E-state index contributed by atoms with van der Waals surface area (Å²) in [6.07, 6.45) is 0.621. The van der Waals surface area contributed by atoms with Gasteiger partial charge in [-0.25, -0.2) is 0 Å². The molecule has 0 unspecified atom stereocenters. The van der Waals surface area contributed by atoms with Gasteiger partial charge in [0.25, 0.3) is 5.91 Å². The molecule has 1 aromatic heterocycles. The predicted octanol–water partition coefficient (Wildman–Crippen LogP) is 4.19. The minimum Gasteiger partial charge on any atom is -0.344 e. The lowest BCUT2D eigenvalue weighted by Crippen LogP contribution is -2.37. The lowest BCUT2D eigenvalue weighted by Gasteiger charge is -2.24. The second-order valence-corrected chi connectivity index (χ2v) is 8.36. The van der Waals surface area contributed by atoms with Gasteiger partial charge in [-0.3, -0.25) is 9.59 Å². The van der Waals surface area contributed by atoms with Crippen LogP contribution in [0.15, 0.2) is 72.1 Å². The van der Waals surface area contributed by atoms with E-state index < -0.39 is 0 Å². The monoisotopic (exact) mass is 404 g/mol. The summed E-state index contributed by atoms with van der Waals surface area (Å²) >= 11 is 1.70. The summed E-state index contributed by atoms with van der Waals surface area (Å²) in [5.41, 5.74) is 2.99. The van der Waals surface area contributed by atoms with Crippen LogP contribution in [0.4, 0.5) is 0 Å². The summed E-state index contributed by atoms with van der Waals surface area (Å²) < 4.78 is 0. The van der Waals surface area contributed by atoms with Gasteiger partial charge < -0.3 is 9.80 Å². The maximum absolute atomic E-state index is 13.0. The third-order valence-electron chi connectivity index (χ3n) is 5.45. The molecule has 148 valence electrons. The van der Waals surface area contributed by atoms with Crippen molar-refractivity contribution in [1.29, 1.82) is 0 Å². The van der Waals surface area contributed by atoms with Crippen molar-refractivity contribution in [2.45, 2.75) is 6.42 Å². The molecule has 4 rings (SSSR count). The van der Waals surface area contributed by atoms with Gasteiger partial charge in [0, 0.05) is 37.1 Å². The van der Waals surface area contributed by atoms with Gasteiger partial charge in [0.2, 0.25) is 5.91 Å². The highest BCUT2D eigenvalue weighted by Gasteiger charge is 2.31. The fraction of sp³-hybridized carbons (Fsp3) is 0.250. The Hall–Kier alpha value is -2.92. The van der Waals surface area contributed by atoms with E-state index in [0.717, 1.165) is 5.56 Å². The Kier molecular flexibility index (Phi) is 5.76. The third kappa shape index (κ3) is 4.25. The summed E-state index contributed by atoms with van der Waals surface area (Å²) in [7, 11) is 1.83. The highest BCUT2D eigenvalue weighted by molar-refractivity contribution is 7.13. The average molecular weight is 405 g/mol. The number of amides is 2. The number of hydrogen-bond donors (Lipinski definition) is 0. The van der Waals surface area contributed by atoms with Crippen LogP contribution >= 0.6 is 11.3 Å². The van der Waals surface area contributed by atoms with Crippen molar-refractivity contribution in [1.82, 2.24) is 9.80 Å². The van der Waals surface area contributed by atoms with Crippen molar-refractivity contribution in [2.24, 2.45) is 5.92 Å². The number of benzene rings is 2. The first-order valence-electron chi connectivity index (χ1n) is 9.84. The summed E-state index contributed by atoms with van der Waals surface area (Å²) in [6, 6.07) is 21.7. The molecule has 2 aromatic carbocycles. The van der Waals surface area contributed by atoms with Crippen LogP contribution in [0, 0.1) is 5.92 Å². The van der Waals surface area contributed by atoms with E-state index in [-0.39, 0.29) is 17.7 Å². The fourth-order valence-electron chi connectivity index (χ4n) is 3.86. The normalized spacial score (nSPS) is 17.3. The molecule has 0 N–H and O–H groups in total. The zero-order valence-electron chi connectivity index (χ0n) is 16.5. The van der Waals surface area contributed by atoms with Crippen LogP contribution in [-0.4, -0.2) is 48.3 Å². The van der Waals surface area contributed by atoms with Crippen LogP contribution in [0.25, 0.3) is 10.4 Å². The SMILES string of the molecule is CN1CCN(C(=O)c2ccccc2)C[C@@H](Cc2ccccc2-c2cccs2)C1=O. The van der Waals surface area contributed by atoms with E-state index in [2.05, 4.69) is 23.6 Å². The number of nitrogens with zero attached hydrogens (tertiary/aromatic N) is 2. The molecule has 4 nitrogen and oxygen atoms in total. The summed E-state index contributed by atoms with van der Waals surface area (Å²) in [4.78, 5) is 30.8.